The highest BCUT2D eigenvalue weighted by atomic mass is 35.5. The molecule has 0 spiro atoms. The number of aromatic nitrogens is 2. The Hall–Kier alpha value is -4.06. The number of Topliss-reactive ketones (excluding diaryl/α,β-unsaturated/α-hetero) is 1. The first-order valence-corrected chi connectivity index (χ1v) is 17.7. The highest BCUT2D eigenvalue weighted by Crippen LogP contribution is 2.46. The van der Waals surface area contributed by atoms with Crippen LogP contribution in [0.15, 0.2) is 70.6 Å². The van der Waals surface area contributed by atoms with Gasteiger partial charge in [-0.15, -0.1) is 10.2 Å². The number of fused-ring (bicyclic) bond motifs is 1. The predicted molar refractivity (Wildman–Crippen MR) is 184 cm³/mol. The van der Waals surface area contributed by atoms with Crippen LogP contribution >= 0.6 is 34.7 Å². The number of anilines is 1. The molecule has 0 aliphatic carbocycles. The fourth-order valence-electron chi connectivity index (χ4n) is 5.59. The van der Waals surface area contributed by atoms with Crippen molar-refractivity contribution in [2.75, 3.05) is 18.1 Å². The predicted octanol–water partition coefficient (Wildman–Crippen LogP) is 8.01. The molecule has 1 amide bonds. The van der Waals surface area contributed by atoms with E-state index < -0.39 is 17.7 Å². The number of aliphatic hydroxyl groups is 1. The van der Waals surface area contributed by atoms with Gasteiger partial charge in [-0.05, 0) is 73.4 Å². The van der Waals surface area contributed by atoms with Gasteiger partial charge >= 0.3 is 5.91 Å². The molecule has 0 saturated carbocycles. The summed E-state index contributed by atoms with van der Waals surface area (Å²) in [4.78, 5) is 29.0. The van der Waals surface area contributed by atoms with Crippen LogP contribution in [-0.2, 0) is 21.8 Å². The van der Waals surface area contributed by atoms with E-state index in [0.29, 0.717) is 57.4 Å². The second kappa shape index (κ2) is 14.4. The quantitative estimate of drug-likeness (QED) is 0.0394. The highest BCUT2D eigenvalue weighted by molar-refractivity contribution is 8.00. The van der Waals surface area contributed by atoms with Gasteiger partial charge in [-0.3, -0.25) is 14.5 Å². The summed E-state index contributed by atoms with van der Waals surface area (Å²) < 4.78 is 18.4. The molecule has 244 valence electrons. The number of hydrogen-bond acceptors (Lipinski definition) is 10. The topological polar surface area (TPSA) is 111 Å². The van der Waals surface area contributed by atoms with E-state index in [-0.39, 0.29) is 22.6 Å². The molecule has 0 radical (unpaired) electrons. The molecule has 3 aromatic carbocycles. The zero-order valence-electron chi connectivity index (χ0n) is 26.2. The molecule has 9 nitrogen and oxygen atoms in total. The maximum absolute atomic E-state index is 13.8. The summed E-state index contributed by atoms with van der Waals surface area (Å²) in [5, 5.41) is 21.3. The minimum absolute atomic E-state index is 0.00501. The Bertz CT molecular complexity index is 1840. The van der Waals surface area contributed by atoms with E-state index in [9.17, 15) is 14.7 Å². The minimum Gasteiger partial charge on any atom is -0.507 e. The number of ketones is 1. The van der Waals surface area contributed by atoms with Crippen LogP contribution in [0, 0.1) is 0 Å². The van der Waals surface area contributed by atoms with E-state index in [1.165, 1.54) is 28.0 Å². The van der Waals surface area contributed by atoms with E-state index in [4.69, 9.17) is 25.8 Å². The third-order valence-electron chi connectivity index (χ3n) is 7.86. The Morgan fingerprint density at radius 2 is 1.91 bits per heavy atom. The number of thioether (sulfide) groups is 1. The number of benzene rings is 3. The van der Waals surface area contributed by atoms with E-state index in [2.05, 4.69) is 17.1 Å². The van der Waals surface area contributed by atoms with Crippen LogP contribution in [0.3, 0.4) is 0 Å². The van der Waals surface area contributed by atoms with Crippen LogP contribution in [0.5, 0.6) is 17.2 Å². The molecule has 47 heavy (non-hydrogen) atoms. The van der Waals surface area contributed by atoms with Crippen molar-refractivity contribution in [1.82, 2.24) is 10.2 Å². The largest absolute Gasteiger partial charge is 0.507 e. The van der Waals surface area contributed by atoms with E-state index in [1.54, 1.807) is 30.3 Å². The van der Waals surface area contributed by atoms with Crippen LogP contribution in [-0.4, -0.2) is 46.3 Å². The maximum atomic E-state index is 13.8. The number of carbonyl (C=O) groups excluding carboxylic acids is 2. The molecule has 12 heteroatoms. The Labute approximate surface area is 286 Å². The van der Waals surface area contributed by atoms with E-state index >= 15 is 0 Å². The first-order valence-electron chi connectivity index (χ1n) is 15.5. The average molecular weight is 692 g/mol. The van der Waals surface area contributed by atoms with E-state index in [0.717, 1.165) is 29.7 Å². The molecule has 2 unspecified atom stereocenters. The lowest BCUT2D eigenvalue weighted by molar-refractivity contribution is -0.132. The first-order chi connectivity index (χ1) is 22.8. The van der Waals surface area contributed by atoms with Crippen LogP contribution in [0.2, 0.25) is 5.02 Å². The molecular formula is C35H34ClN3O6S2. The van der Waals surface area contributed by atoms with Crippen molar-refractivity contribution in [3.63, 3.8) is 0 Å². The summed E-state index contributed by atoms with van der Waals surface area (Å²) >= 11 is 8.97. The summed E-state index contributed by atoms with van der Waals surface area (Å²) in [6.07, 6.45) is 2.53. The van der Waals surface area contributed by atoms with Crippen LogP contribution in [0.4, 0.5) is 5.13 Å². The number of ether oxygens (including phenoxy) is 3. The molecule has 3 heterocycles. The summed E-state index contributed by atoms with van der Waals surface area (Å²) in [5.41, 5.74) is 2.78. The second-order valence-electron chi connectivity index (χ2n) is 11.2. The molecule has 1 N–H and O–H groups in total. The summed E-state index contributed by atoms with van der Waals surface area (Å²) in [6.45, 7) is 6.83. The standard InChI is InChI=1S/C35H34ClN3O6S2/c1-4-6-15-44-27-14-11-21(18-28(27)43-5-2)30-29(31(40)22-12-13-26-24(17-22)16-20(3)45-26)32(41)33(42)39(30)34-37-38-35(47-34)46-19-23-9-7-8-10-25(23)36/h7-14,17-18,20,30,40H,4-6,15-16,19H2,1-3H3. The monoisotopic (exact) mass is 691 g/mol. The molecule has 4 aromatic rings. The smallest absolute Gasteiger partial charge is 0.301 e. The minimum atomic E-state index is -1.00. The number of halogens is 1. The van der Waals surface area contributed by atoms with Gasteiger partial charge in [-0.25, -0.2) is 0 Å². The fourth-order valence-corrected chi connectivity index (χ4v) is 7.75. The van der Waals surface area contributed by atoms with Gasteiger partial charge < -0.3 is 19.3 Å². The average Bonchev–Trinajstić information content (AvgIpc) is 3.76. The van der Waals surface area contributed by atoms with Crippen LogP contribution < -0.4 is 19.1 Å². The third-order valence-corrected chi connectivity index (χ3v) is 10.3. The third kappa shape index (κ3) is 6.83. The van der Waals surface area contributed by atoms with Crippen molar-refractivity contribution in [2.24, 2.45) is 0 Å². The number of rotatable bonds is 12. The lowest BCUT2D eigenvalue weighted by atomic mass is 9.94. The lowest BCUT2D eigenvalue weighted by Crippen LogP contribution is -2.29. The number of carbonyl (C=O) groups is 2. The number of hydrogen-bond donors (Lipinski definition) is 1. The van der Waals surface area contributed by atoms with Crippen molar-refractivity contribution < 1.29 is 28.9 Å². The van der Waals surface area contributed by atoms with Gasteiger partial charge in [0.05, 0.1) is 24.8 Å². The zero-order chi connectivity index (χ0) is 33.1. The van der Waals surface area contributed by atoms with Gasteiger partial charge in [0, 0.05) is 22.8 Å². The molecule has 6 rings (SSSR count). The molecule has 1 aromatic heterocycles. The second-order valence-corrected chi connectivity index (χ2v) is 13.8. The molecule has 2 aliphatic rings. The summed E-state index contributed by atoms with van der Waals surface area (Å²) in [7, 11) is 0. The molecule has 1 saturated heterocycles. The Kier molecular flexibility index (Phi) is 10.0. The molecule has 0 bridgehead atoms. The van der Waals surface area contributed by atoms with Crippen molar-refractivity contribution in [1.29, 1.82) is 0 Å². The van der Waals surface area contributed by atoms with E-state index in [1.807, 2.05) is 44.2 Å². The molecular weight excluding hydrogens is 658 g/mol. The normalized spacial score (nSPS) is 18.3. The van der Waals surface area contributed by atoms with Gasteiger partial charge in [0.15, 0.2) is 15.8 Å². The Morgan fingerprint density at radius 3 is 2.70 bits per heavy atom. The molecule has 2 atom stereocenters. The van der Waals surface area contributed by atoms with Crippen LogP contribution in [0.1, 0.15) is 61.9 Å². The van der Waals surface area contributed by atoms with Gasteiger partial charge in [0.25, 0.3) is 5.78 Å². The van der Waals surface area contributed by atoms with Gasteiger partial charge in [-0.1, -0.05) is 72.3 Å². The first kappa shape index (κ1) is 32.9. The Morgan fingerprint density at radius 1 is 1.09 bits per heavy atom. The number of nitrogens with zero attached hydrogens (tertiary/aromatic N) is 3. The summed E-state index contributed by atoms with van der Waals surface area (Å²) in [5.74, 6) is 0.411. The Balaban J connectivity index is 1.42. The van der Waals surface area contributed by atoms with Crippen LogP contribution in [0.25, 0.3) is 5.76 Å². The van der Waals surface area contributed by atoms with Crippen molar-refractivity contribution in [3.8, 4) is 17.2 Å². The molecule has 1 fully saturated rings. The fraction of sp³-hybridized carbons (Fsp3) is 0.314. The van der Waals surface area contributed by atoms with Crippen molar-refractivity contribution in [2.45, 2.75) is 62.3 Å². The number of aliphatic hydroxyl groups excluding tert-OH is 1. The maximum Gasteiger partial charge on any atom is 0.301 e. The lowest BCUT2D eigenvalue weighted by Gasteiger charge is -2.23. The highest BCUT2D eigenvalue weighted by Gasteiger charge is 2.48. The number of amides is 1. The van der Waals surface area contributed by atoms with Crippen molar-refractivity contribution >= 4 is 57.3 Å². The summed E-state index contributed by atoms with van der Waals surface area (Å²) in [6, 6.07) is 17.1. The number of unbranched alkanes of at least 4 members (excludes halogenated alkanes) is 1. The van der Waals surface area contributed by atoms with Gasteiger partial charge in [0.1, 0.15) is 17.6 Å². The SMILES string of the molecule is CCCCOc1ccc(C2C(=C(O)c3ccc4c(c3)CC(C)O4)C(=O)C(=O)N2c2nnc(SCc3ccccc3Cl)s2)cc1OCC. The van der Waals surface area contributed by atoms with Gasteiger partial charge in [-0.2, -0.15) is 0 Å². The van der Waals surface area contributed by atoms with Gasteiger partial charge in [0.2, 0.25) is 5.13 Å². The molecule has 2 aliphatic heterocycles. The zero-order valence-corrected chi connectivity index (χ0v) is 28.6. The van der Waals surface area contributed by atoms with Crippen molar-refractivity contribution in [3.05, 3.63) is 93.5 Å².